The fourth-order valence-electron chi connectivity index (χ4n) is 2.50. The first kappa shape index (κ1) is 15.0. The summed E-state index contributed by atoms with van der Waals surface area (Å²) < 4.78 is 5.20. The maximum atomic E-state index is 12.3. The second-order valence-electron chi connectivity index (χ2n) is 5.54. The van der Waals surface area contributed by atoms with E-state index in [1.807, 2.05) is 38.1 Å². The second kappa shape index (κ2) is 6.05. The second-order valence-corrected chi connectivity index (χ2v) is 5.54. The van der Waals surface area contributed by atoms with Gasteiger partial charge >= 0.3 is 5.63 Å². The standard InChI is InChI=1S/C20H16O3/c1-13-7-8-15(14(2)11-13)9-10-18(21)17-12-16-5-3-4-6-19(16)23-20(17)22/h3-12H,1-2H3/b10-9+. The molecule has 0 aliphatic heterocycles. The monoisotopic (exact) mass is 304 g/mol. The number of aryl methyl sites for hydroxylation is 2. The Morgan fingerprint density at radius 1 is 1.04 bits per heavy atom. The molecule has 1 heterocycles. The van der Waals surface area contributed by atoms with Crippen LogP contribution in [-0.4, -0.2) is 5.78 Å². The molecule has 0 amide bonds. The summed E-state index contributed by atoms with van der Waals surface area (Å²) >= 11 is 0. The first-order chi connectivity index (χ1) is 11.0. The van der Waals surface area contributed by atoms with Crippen LogP contribution in [0.1, 0.15) is 27.0 Å². The van der Waals surface area contributed by atoms with Gasteiger partial charge in [-0.15, -0.1) is 0 Å². The molecule has 0 bridgehead atoms. The quantitative estimate of drug-likeness (QED) is 0.411. The van der Waals surface area contributed by atoms with Crippen LogP contribution < -0.4 is 5.63 Å². The molecule has 3 aromatic rings. The van der Waals surface area contributed by atoms with Crippen LogP contribution in [0.3, 0.4) is 0 Å². The summed E-state index contributed by atoms with van der Waals surface area (Å²) in [6, 6.07) is 14.7. The summed E-state index contributed by atoms with van der Waals surface area (Å²) in [7, 11) is 0. The van der Waals surface area contributed by atoms with Gasteiger partial charge in [-0.1, -0.05) is 48.0 Å². The number of carbonyl (C=O) groups excluding carboxylic acids is 1. The fraction of sp³-hybridized carbons (Fsp3) is 0.100. The van der Waals surface area contributed by atoms with Crippen molar-refractivity contribution < 1.29 is 9.21 Å². The molecular formula is C20H16O3. The molecule has 1 aromatic heterocycles. The molecule has 114 valence electrons. The number of ketones is 1. The average Bonchev–Trinajstić information content (AvgIpc) is 2.53. The van der Waals surface area contributed by atoms with E-state index in [9.17, 15) is 9.59 Å². The van der Waals surface area contributed by atoms with Gasteiger partial charge < -0.3 is 4.42 Å². The molecule has 2 aromatic carbocycles. The van der Waals surface area contributed by atoms with Gasteiger partial charge in [0.2, 0.25) is 0 Å². The summed E-state index contributed by atoms with van der Waals surface area (Å²) in [6.45, 7) is 4.01. The van der Waals surface area contributed by atoms with Gasteiger partial charge in [-0.2, -0.15) is 0 Å². The van der Waals surface area contributed by atoms with E-state index in [1.54, 1.807) is 24.3 Å². The van der Waals surface area contributed by atoms with Crippen LogP contribution in [0.25, 0.3) is 17.0 Å². The highest BCUT2D eigenvalue weighted by molar-refractivity contribution is 6.07. The van der Waals surface area contributed by atoms with E-state index in [0.717, 1.165) is 16.5 Å². The van der Waals surface area contributed by atoms with E-state index in [0.29, 0.717) is 5.58 Å². The van der Waals surface area contributed by atoms with Gasteiger partial charge in [-0.3, -0.25) is 4.79 Å². The molecule has 3 nitrogen and oxygen atoms in total. The molecule has 0 saturated heterocycles. The minimum absolute atomic E-state index is 0.0460. The van der Waals surface area contributed by atoms with Crippen LogP contribution in [0.2, 0.25) is 0 Å². The van der Waals surface area contributed by atoms with Crippen LogP contribution in [0.4, 0.5) is 0 Å². The molecule has 0 unspecified atom stereocenters. The molecule has 0 saturated carbocycles. The summed E-state index contributed by atoms with van der Waals surface area (Å²) in [4.78, 5) is 24.3. The summed E-state index contributed by atoms with van der Waals surface area (Å²) in [5.41, 5.74) is 3.12. The Bertz CT molecular complexity index is 978. The average molecular weight is 304 g/mol. The maximum absolute atomic E-state index is 12.3. The normalized spacial score (nSPS) is 11.2. The van der Waals surface area contributed by atoms with Crippen molar-refractivity contribution >= 4 is 22.8 Å². The zero-order chi connectivity index (χ0) is 16.4. The van der Waals surface area contributed by atoms with Crippen LogP contribution in [0.15, 0.2) is 63.8 Å². The van der Waals surface area contributed by atoms with Gasteiger partial charge in [0.05, 0.1) is 0 Å². The molecular weight excluding hydrogens is 288 g/mol. The number of rotatable bonds is 3. The summed E-state index contributed by atoms with van der Waals surface area (Å²) in [5.74, 6) is -0.357. The molecule has 0 fully saturated rings. The van der Waals surface area contributed by atoms with E-state index in [1.165, 1.54) is 11.6 Å². The van der Waals surface area contributed by atoms with Crippen LogP contribution in [0, 0.1) is 13.8 Å². The smallest absolute Gasteiger partial charge is 0.347 e. The van der Waals surface area contributed by atoms with Crippen molar-refractivity contribution in [2.45, 2.75) is 13.8 Å². The Hall–Kier alpha value is -2.94. The number of hydrogen-bond acceptors (Lipinski definition) is 3. The van der Waals surface area contributed by atoms with Crippen molar-refractivity contribution in [3.8, 4) is 0 Å². The Kier molecular flexibility index (Phi) is 3.94. The molecule has 23 heavy (non-hydrogen) atoms. The molecule has 0 atom stereocenters. The fourth-order valence-corrected chi connectivity index (χ4v) is 2.50. The molecule has 0 N–H and O–H groups in total. The Morgan fingerprint density at radius 3 is 2.61 bits per heavy atom. The van der Waals surface area contributed by atoms with E-state index in [-0.39, 0.29) is 11.3 Å². The van der Waals surface area contributed by atoms with Gasteiger partial charge in [0.1, 0.15) is 11.1 Å². The van der Waals surface area contributed by atoms with Crippen molar-refractivity contribution in [3.05, 3.63) is 87.3 Å². The predicted octanol–water partition coefficient (Wildman–Crippen LogP) is 4.31. The number of para-hydroxylation sites is 1. The maximum Gasteiger partial charge on any atom is 0.347 e. The highest BCUT2D eigenvalue weighted by Gasteiger charge is 2.11. The van der Waals surface area contributed by atoms with E-state index in [2.05, 4.69) is 6.07 Å². The van der Waals surface area contributed by atoms with E-state index < -0.39 is 5.63 Å². The summed E-state index contributed by atoms with van der Waals surface area (Å²) in [6.07, 6.45) is 3.14. The molecule has 0 aliphatic carbocycles. The SMILES string of the molecule is Cc1ccc(/C=C/C(=O)c2cc3ccccc3oc2=O)c(C)c1. The van der Waals surface area contributed by atoms with Gasteiger partial charge in [0.25, 0.3) is 0 Å². The number of fused-ring (bicyclic) bond motifs is 1. The Balaban J connectivity index is 1.95. The first-order valence-corrected chi connectivity index (χ1v) is 7.37. The molecule has 0 aliphatic rings. The first-order valence-electron chi connectivity index (χ1n) is 7.37. The van der Waals surface area contributed by atoms with Gasteiger partial charge in [0, 0.05) is 5.39 Å². The van der Waals surface area contributed by atoms with Crippen molar-refractivity contribution in [3.63, 3.8) is 0 Å². The van der Waals surface area contributed by atoms with Crippen molar-refractivity contribution in [2.24, 2.45) is 0 Å². The third-order valence-corrected chi connectivity index (χ3v) is 3.75. The number of benzene rings is 2. The Labute approximate surface area is 133 Å². The number of hydrogen-bond donors (Lipinski definition) is 0. The lowest BCUT2D eigenvalue weighted by Gasteiger charge is -2.02. The van der Waals surface area contributed by atoms with Crippen LogP contribution >= 0.6 is 0 Å². The minimum atomic E-state index is -0.612. The predicted molar refractivity (Wildman–Crippen MR) is 91.8 cm³/mol. The molecule has 0 spiro atoms. The Morgan fingerprint density at radius 2 is 1.83 bits per heavy atom. The molecule has 3 heteroatoms. The highest BCUT2D eigenvalue weighted by atomic mass is 16.4. The van der Waals surface area contributed by atoms with Gasteiger partial charge in [-0.05, 0) is 43.2 Å². The van der Waals surface area contributed by atoms with Crippen LogP contribution in [0.5, 0.6) is 0 Å². The number of allylic oxidation sites excluding steroid dienone is 1. The lowest BCUT2D eigenvalue weighted by molar-refractivity contribution is 0.104. The molecule has 3 rings (SSSR count). The largest absolute Gasteiger partial charge is 0.422 e. The summed E-state index contributed by atoms with van der Waals surface area (Å²) in [5, 5.41) is 0.732. The van der Waals surface area contributed by atoms with Crippen LogP contribution in [-0.2, 0) is 0 Å². The van der Waals surface area contributed by atoms with Crippen molar-refractivity contribution in [2.75, 3.05) is 0 Å². The third-order valence-electron chi connectivity index (χ3n) is 3.75. The highest BCUT2D eigenvalue weighted by Crippen LogP contribution is 2.15. The third kappa shape index (κ3) is 3.14. The topological polar surface area (TPSA) is 47.3 Å². The lowest BCUT2D eigenvalue weighted by atomic mass is 10.0. The van der Waals surface area contributed by atoms with E-state index in [4.69, 9.17) is 4.42 Å². The van der Waals surface area contributed by atoms with E-state index >= 15 is 0 Å². The van der Waals surface area contributed by atoms with Crippen molar-refractivity contribution in [1.82, 2.24) is 0 Å². The van der Waals surface area contributed by atoms with Crippen molar-refractivity contribution in [1.29, 1.82) is 0 Å². The zero-order valence-corrected chi connectivity index (χ0v) is 13.0. The van der Waals surface area contributed by atoms with Gasteiger partial charge in [0.15, 0.2) is 5.78 Å². The molecule has 0 radical (unpaired) electrons. The number of carbonyl (C=O) groups is 1. The minimum Gasteiger partial charge on any atom is -0.422 e. The lowest BCUT2D eigenvalue weighted by Crippen LogP contribution is -2.11. The zero-order valence-electron chi connectivity index (χ0n) is 13.0. The van der Waals surface area contributed by atoms with Gasteiger partial charge in [-0.25, -0.2) is 4.79 Å².